The van der Waals surface area contributed by atoms with Crippen LogP contribution in [0.4, 0.5) is 5.69 Å². The molecule has 0 saturated carbocycles. The second kappa shape index (κ2) is 12.1. The minimum absolute atomic E-state index is 0.165. The van der Waals surface area contributed by atoms with E-state index in [1.807, 2.05) is 52.0 Å². The molecule has 35 heavy (non-hydrogen) atoms. The van der Waals surface area contributed by atoms with Crippen LogP contribution in [-0.2, 0) is 26.2 Å². The van der Waals surface area contributed by atoms with E-state index >= 15 is 0 Å². The fourth-order valence-electron chi connectivity index (χ4n) is 3.51. The summed E-state index contributed by atoms with van der Waals surface area (Å²) < 4.78 is 31.9. The molecule has 2 rings (SSSR count). The smallest absolute Gasteiger partial charge is 0.244 e. The van der Waals surface area contributed by atoms with Crippen molar-refractivity contribution in [2.45, 2.75) is 47.2 Å². The molecule has 2 aromatic carbocycles. The largest absolute Gasteiger partial charge is 0.495 e. The van der Waals surface area contributed by atoms with Crippen molar-refractivity contribution in [3.8, 4) is 5.75 Å². The van der Waals surface area contributed by atoms with E-state index in [0.29, 0.717) is 12.3 Å². The van der Waals surface area contributed by atoms with Gasteiger partial charge >= 0.3 is 0 Å². The van der Waals surface area contributed by atoms with Crippen molar-refractivity contribution < 1.29 is 22.7 Å². The molecule has 0 saturated heterocycles. The van der Waals surface area contributed by atoms with Crippen LogP contribution in [-0.4, -0.2) is 57.6 Å². The molecule has 2 amide bonds. The predicted octanol–water partition coefficient (Wildman–Crippen LogP) is 3.27. The summed E-state index contributed by atoms with van der Waals surface area (Å²) in [6.07, 6.45) is 1.05. The van der Waals surface area contributed by atoms with Gasteiger partial charge in [-0.25, -0.2) is 8.42 Å². The molecule has 8 nitrogen and oxygen atoms in total. The summed E-state index contributed by atoms with van der Waals surface area (Å²) in [6, 6.07) is 12.0. The highest BCUT2D eigenvalue weighted by Gasteiger charge is 2.31. The summed E-state index contributed by atoms with van der Waals surface area (Å²) in [4.78, 5) is 27.9. The molecule has 192 valence electrons. The maximum absolute atomic E-state index is 13.6. The van der Waals surface area contributed by atoms with Crippen LogP contribution in [0.25, 0.3) is 0 Å². The Morgan fingerprint density at radius 2 is 1.60 bits per heavy atom. The van der Waals surface area contributed by atoms with Gasteiger partial charge in [0.25, 0.3) is 0 Å². The van der Waals surface area contributed by atoms with Gasteiger partial charge in [-0.05, 0) is 49.9 Å². The number of hydrogen-bond donors (Lipinski definition) is 1. The highest BCUT2D eigenvalue weighted by atomic mass is 32.2. The average Bonchev–Trinajstić information content (AvgIpc) is 2.79. The molecular weight excluding hydrogens is 466 g/mol. The number of carbonyl (C=O) groups excluding carboxylic acids is 2. The first-order valence-corrected chi connectivity index (χ1v) is 13.4. The van der Waals surface area contributed by atoms with E-state index in [0.717, 1.165) is 27.3 Å². The summed E-state index contributed by atoms with van der Waals surface area (Å²) in [7, 11) is -2.39. The lowest BCUT2D eigenvalue weighted by molar-refractivity contribution is -0.139. The van der Waals surface area contributed by atoms with Gasteiger partial charge in [-0.15, -0.1) is 0 Å². The molecule has 1 atom stereocenters. The van der Waals surface area contributed by atoms with E-state index in [1.54, 1.807) is 25.1 Å². The first kappa shape index (κ1) is 28.2. The number of rotatable bonds is 11. The highest BCUT2D eigenvalue weighted by Crippen LogP contribution is 2.31. The molecule has 9 heteroatoms. The summed E-state index contributed by atoms with van der Waals surface area (Å²) in [5.74, 6) is -0.200. The first-order valence-electron chi connectivity index (χ1n) is 11.6. The molecular formula is C26H37N3O5S. The molecule has 0 aliphatic carbocycles. The summed E-state index contributed by atoms with van der Waals surface area (Å²) in [6.45, 7) is 9.60. The Kier molecular flexibility index (Phi) is 9.71. The van der Waals surface area contributed by atoms with E-state index in [9.17, 15) is 18.0 Å². The van der Waals surface area contributed by atoms with Gasteiger partial charge in [0.15, 0.2) is 0 Å². The van der Waals surface area contributed by atoms with Crippen LogP contribution >= 0.6 is 0 Å². The number of ether oxygens (including phenoxy) is 1. The topological polar surface area (TPSA) is 96.0 Å². The Balaban J connectivity index is 2.43. The molecule has 0 aliphatic rings. The monoisotopic (exact) mass is 503 g/mol. The molecule has 0 radical (unpaired) electrons. The molecule has 0 fully saturated rings. The van der Waals surface area contributed by atoms with Gasteiger partial charge in [0, 0.05) is 13.1 Å². The van der Waals surface area contributed by atoms with Crippen molar-refractivity contribution in [2.24, 2.45) is 5.92 Å². The third-order valence-corrected chi connectivity index (χ3v) is 6.73. The third kappa shape index (κ3) is 7.99. The van der Waals surface area contributed by atoms with Gasteiger partial charge in [0.1, 0.15) is 18.3 Å². The lowest BCUT2D eigenvalue weighted by Gasteiger charge is -2.32. The number of nitrogens with one attached hydrogen (secondary N) is 1. The van der Waals surface area contributed by atoms with Gasteiger partial charge in [0.2, 0.25) is 21.8 Å². The van der Waals surface area contributed by atoms with Crippen LogP contribution in [0.5, 0.6) is 5.75 Å². The molecule has 2 aromatic rings. The fraction of sp³-hybridized carbons (Fsp3) is 0.462. The van der Waals surface area contributed by atoms with E-state index in [2.05, 4.69) is 5.32 Å². The summed E-state index contributed by atoms with van der Waals surface area (Å²) >= 11 is 0. The number of sulfonamides is 1. The van der Waals surface area contributed by atoms with E-state index in [-0.39, 0.29) is 24.1 Å². The van der Waals surface area contributed by atoms with E-state index in [1.165, 1.54) is 12.0 Å². The Morgan fingerprint density at radius 1 is 1.00 bits per heavy atom. The fourth-order valence-corrected chi connectivity index (χ4v) is 4.36. The van der Waals surface area contributed by atoms with Gasteiger partial charge in [0.05, 0.1) is 19.1 Å². The van der Waals surface area contributed by atoms with Crippen molar-refractivity contribution in [3.05, 3.63) is 59.2 Å². The van der Waals surface area contributed by atoms with Crippen molar-refractivity contribution >= 4 is 27.5 Å². The number of carbonyl (C=O) groups is 2. The molecule has 0 aromatic heterocycles. The number of amides is 2. The number of anilines is 1. The van der Waals surface area contributed by atoms with Crippen LogP contribution in [0.2, 0.25) is 0 Å². The lowest BCUT2D eigenvalue weighted by atomic mass is 10.1. The molecule has 0 unspecified atom stereocenters. The van der Waals surface area contributed by atoms with Crippen LogP contribution in [0.1, 0.15) is 37.5 Å². The second-order valence-electron chi connectivity index (χ2n) is 9.27. The SMILES string of the molecule is COc1ccc(C)cc1N(CC(=O)N(Cc1ccc(C)cc1)[C@@H](C)C(=O)NCC(C)C)S(C)(=O)=O. The molecule has 1 N–H and O–H groups in total. The van der Waals surface area contributed by atoms with Gasteiger partial charge in [-0.3, -0.25) is 13.9 Å². The van der Waals surface area contributed by atoms with Gasteiger partial charge in [-0.2, -0.15) is 0 Å². The van der Waals surface area contributed by atoms with Crippen LogP contribution in [0.3, 0.4) is 0 Å². The Labute approximate surface area is 209 Å². The van der Waals surface area contributed by atoms with Crippen LogP contribution in [0.15, 0.2) is 42.5 Å². The van der Waals surface area contributed by atoms with E-state index < -0.39 is 28.5 Å². The average molecular weight is 504 g/mol. The minimum atomic E-state index is -3.84. The number of hydrogen-bond acceptors (Lipinski definition) is 5. The van der Waals surface area contributed by atoms with Gasteiger partial charge in [-0.1, -0.05) is 49.7 Å². The zero-order chi connectivity index (χ0) is 26.3. The maximum Gasteiger partial charge on any atom is 0.244 e. The zero-order valence-corrected chi connectivity index (χ0v) is 22.5. The maximum atomic E-state index is 13.6. The summed E-state index contributed by atoms with van der Waals surface area (Å²) in [5.41, 5.74) is 3.01. The Morgan fingerprint density at radius 3 is 2.14 bits per heavy atom. The highest BCUT2D eigenvalue weighted by molar-refractivity contribution is 7.92. The summed E-state index contributed by atoms with van der Waals surface area (Å²) in [5, 5.41) is 2.87. The normalized spacial score (nSPS) is 12.2. The number of nitrogens with zero attached hydrogens (tertiary/aromatic N) is 2. The minimum Gasteiger partial charge on any atom is -0.495 e. The predicted molar refractivity (Wildman–Crippen MR) is 139 cm³/mol. The number of benzene rings is 2. The van der Waals surface area contributed by atoms with Crippen molar-refractivity contribution in [1.29, 1.82) is 0 Å². The molecule has 0 bridgehead atoms. The van der Waals surface area contributed by atoms with Crippen LogP contribution < -0.4 is 14.4 Å². The number of methoxy groups -OCH3 is 1. The molecule has 0 aliphatic heterocycles. The number of aryl methyl sites for hydroxylation is 2. The van der Waals surface area contributed by atoms with Crippen LogP contribution in [0, 0.1) is 19.8 Å². The van der Waals surface area contributed by atoms with Crippen molar-refractivity contribution in [3.63, 3.8) is 0 Å². The van der Waals surface area contributed by atoms with Crippen molar-refractivity contribution in [1.82, 2.24) is 10.2 Å². The van der Waals surface area contributed by atoms with Gasteiger partial charge < -0.3 is 15.0 Å². The first-order chi connectivity index (χ1) is 16.3. The lowest BCUT2D eigenvalue weighted by Crippen LogP contribution is -2.51. The second-order valence-corrected chi connectivity index (χ2v) is 11.2. The third-order valence-electron chi connectivity index (χ3n) is 5.61. The quantitative estimate of drug-likeness (QED) is 0.508. The standard InChI is InChI=1S/C26H37N3O5S/c1-18(2)15-27-26(31)21(5)28(16-22-11-8-19(3)9-12-22)25(30)17-29(35(7,32)33)23-14-20(4)10-13-24(23)34-6/h8-14,18,21H,15-17H2,1-7H3,(H,27,31)/t21-/m0/s1. The van der Waals surface area contributed by atoms with E-state index in [4.69, 9.17) is 4.74 Å². The van der Waals surface area contributed by atoms with Crippen molar-refractivity contribution in [2.75, 3.05) is 30.8 Å². The molecule has 0 spiro atoms. The molecule has 0 heterocycles. The Bertz CT molecular complexity index is 1130. The zero-order valence-electron chi connectivity index (χ0n) is 21.7. The Hall–Kier alpha value is -3.07.